The molecular weight excluding hydrogens is 242 g/mol. The molecule has 7 heteroatoms. The predicted octanol–water partition coefficient (Wildman–Crippen LogP) is 1.10. The molecule has 0 aromatic carbocycles. The van der Waals surface area contributed by atoms with Gasteiger partial charge in [0.15, 0.2) is 0 Å². The van der Waals surface area contributed by atoms with Gasteiger partial charge in [0.1, 0.15) is 5.01 Å². The van der Waals surface area contributed by atoms with Crippen molar-refractivity contribution >= 4 is 28.3 Å². The first kappa shape index (κ1) is 12.0. The lowest BCUT2D eigenvalue weighted by molar-refractivity contribution is -0.141. The van der Waals surface area contributed by atoms with E-state index in [0.717, 1.165) is 5.01 Å². The third-order valence-corrected chi connectivity index (χ3v) is 3.88. The summed E-state index contributed by atoms with van der Waals surface area (Å²) < 4.78 is 0. The second-order valence-corrected chi connectivity index (χ2v) is 5.31. The molecular formula is C10H13N3O3S. The summed E-state index contributed by atoms with van der Waals surface area (Å²) in [7, 11) is 0. The van der Waals surface area contributed by atoms with Crippen LogP contribution in [0, 0.1) is 5.92 Å². The van der Waals surface area contributed by atoms with Crippen LogP contribution >= 0.6 is 11.3 Å². The lowest BCUT2D eigenvalue weighted by atomic mass is 10.1. The Bertz CT molecular complexity index is 457. The fourth-order valence-corrected chi connectivity index (χ4v) is 2.50. The number of carboxylic acids is 1. The highest BCUT2D eigenvalue weighted by atomic mass is 32.1. The Hall–Kier alpha value is -1.50. The normalized spacial score (nSPS) is 20.3. The average molecular weight is 255 g/mol. The summed E-state index contributed by atoms with van der Waals surface area (Å²) in [5, 5.41) is 18.2. The summed E-state index contributed by atoms with van der Waals surface area (Å²) >= 11 is 1.35. The van der Waals surface area contributed by atoms with Crippen LogP contribution in [0.2, 0.25) is 0 Å². The highest BCUT2D eigenvalue weighted by Gasteiger charge is 2.36. The molecule has 1 aliphatic heterocycles. The monoisotopic (exact) mass is 255 g/mol. The molecule has 1 amide bonds. The molecule has 0 unspecified atom stereocenters. The molecule has 1 aromatic heterocycles. The van der Waals surface area contributed by atoms with E-state index in [1.807, 2.05) is 13.8 Å². The van der Waals surface area contributed by atoms with Gasteiger partial charge >= 0.3 is 5.97 Å². The zero-order chi connectivity index (χ0) is 12.6. The Labute approximate surface area is 102 Å². The smallest absolute Gasteiger partial charge is 0.308 e. The van der Waals surface area contributed by atoms with Gasteiger partial charge in [-0.05, 0) is 0 Å². The van der Waals surface area contributed by atoms with E-state index < -0.39 is 11.9 Å². The zero-order valence-corrected chi connectivity index (χ0v) is 10.4. The van der Waals surface area contributed by atoms with E-state index in [4.69, 9.17) is 5.11 Å². The molecule has 1 N–H and O–H groups in total. The van der Waals surface area contributed by atoms with Crippen LogP contribution in [0.5, 0.6) is 0 Å². The quantitative estimate of drug-likeness (QED) is 0.874. The maximum atomic E-state index is 11.7. The minimum atomic E-state index is -0.936. The molecule has 2 heterocycles. The second kappa shape index (κ2) is 4.40. The highest BCUT2D eigenvalue weighted by molar-refractivity contribution is 7.15. The van der Waals surface area contributed by atoms with Crippen LogP contribution in [0.1, 0.15) is 31.2 Å². The maximum Gasteiger partial charge on any atom is 0.308 e. The molecule has 1 fully saturated rings. The second-order valence-electron chi connectivity index (χ2n) is 4.32. The topological polar surface area (TPSA) is 83.4 Å². The average Bonchev–Trinajstić information content (AvgIpc) is 2.83. The van der Waals surface area contributed by atoms with Crippen LogP contribution in [-0.2, 0) is 9.59 Å². The van der Waals surface area contributed by atoms with Crippen molar-refractivity contribution in [2.75, 3.05) is 11.4 Å². The molecule has 1 atom stereocenters. The molecule has 0 bridgehead atoms. The SMILES string of the molecule is CC(C)c1nnc(N2C[C@@H](C(=O)O)CC2=O)s1. The van der Waals surface area contributed by atoms with Gasteiger partial charge in [0.05, 0.1) is 5.92 Å². The summed E-state index contributed by atoms with van der Waals surface area (Å²) in [6, 6.07) is 0. The van der Waals surface area contributed by atoms with E-state index in [1.54, 1.807) is 0 Å². The number of aliphatic carboxylic acids is 1. The van der Waals surface area contributed by atoms with Gasteiger partial charge in [0.25, 0.3) is 0 Å². The van der Waals surface area contributed by atoms with Gasteiger partial charge < -0.3 is 5.11 Å². The highest BCUT2D eigenvalue weighted by Crippen LogP contribution is 2.30. The van der Waals surface area contributed by atoms with Crippen molar-refractivity contribution in [3.63, 3.8) is 0 Å². The number of hydrogen-bond donors (Lipinski definition) is 1. The molecule has 1 saturated heterocycles. The van der Waals surface area contributed by atoms with Crippen molar-refractivity contribution < 1.29 is 14.7 Å². The van der Waals surface area contributed by atoms with E-state index in [0.29, 0.717) is 5.13 Å². The maximum absolute atomic E-state index is 11.7. The number of carbonyl (C=O) groups is 2. The first-order chi connectivity index (χ1) is 7.99. The third kappa shape index (κ3) is 2.28. The Morgan fingerprint density at radius 1 is 1.53 bits per heavy atom. The van der Waals surface area contributed by atoms with Gasteiger partial charge in [0.2, 0.25) is 11.0 Å². The number of nitrogens with zero attached hydrogens (tertiary/aromatic N) is 3. The van der Waals surface area contributed by atoms with Gasteiger partial charge in [-0.1, -0.05) is 25.2 Å². The van der Waals surface area contributed by atoms with Gasteiger partial charge in [-0.25, -0.2) is 0 Å². The Morgan fingerprint density at radius 3 is 2.71 bits per heavy atom. The first-order valence-electron chi connectivity index (χ1n) is 5.35. The number of aromatic nitrogens is 2. The number of hydrogen-bond acceptors (Lipinski definition) is 5. The molecule has 0 saturated carbocycles. The molecule has 1 aliphatic rings. The Morgan fingerprint density at radius 2 is 2.24 bits per heavy atom. The number of carbonyl (C=O) groups excluding carboxylic acids is 1. The van der Waals surface area contributed by atoms with Crippen molar-refractivity contribution in [2.45, 2.75) is 26.2 Å². The molecule has 1 aromatic rings. The van der Waals surface area contributed by atoms with Crippen LogP contribution in [0.15, 0.2) is 0 Å². The summed E-state index contributed by atoms with van der Waals surface area (Å²) in [4.78, 5) is 23.9. The van der Waals surface area contributed by atoms with Gasteiger partial charge in [-0.15, -0.1) is 10.2 Å². The van der Waals surface area contributed by atoms with Crippen LogP contribution in [0.25, 0.3) is 0 Å². The fraction of sp³-hybridized carbons (Fsp3) is 0.600. The standard InChI is InChI=1S/C10H13N3O3S/c1-5(2)8-11-12-10(17-8)13-4-6(9(15)16)3-7(13)14/h5-6H,3-4H2,1-2H3,(H,15,16)/t6-/m0/s1. The number of carboxylic acid groups (broad SMARTS) is 1. The van der Waals surface area contributed by atoms with Crippen LogP contribution in [0.4, 0.5) is 5.13 Å². The Kier molecular flexibility index (Phi) is 3.10. The van der Waals surface area contributed by atoms with Crippen LogP contribution in [-0.4, -0.2) is 33.7 Å². The molecule has 0 spiro atoms. The van der Waals surface area contributed by atoms with Crippen molar-refractivity contribution in [1.29, 1.82) is 0 Å². The van der Waals surface area contributed by atoms with Crippen molar-refractivity contribution in [1.82, 2.24) is 10.2 Å². The van der Waals surface area contributed by atoms with E-state index >= 15 is 0 Å². The third-order valence-electron chi connectivity index (χ3n) is 2.63. The van der Waals surface area contributed by atoms with E-state index in [-0.39, 0.29) is 24.8 Å². The van der Waals surface area contributed by atoms with Crippen molar-refractivity contribution in [3.8, 4) is 0 Å². The van der Waals surface area contributed by atoms with Gasteiger partial charge in [-0.3, -0.25) is 14.5 Å². The lowest BCUT2D eigenvalue weighted by Gasteiger charge is -2.10. The molecule has 92 valence electrons. The summed E-state index contributed by atoms with van der Waals surface area (Å²) in [6.45, 7) is 4.19. The molecule has 2 rings (SSSR count). The fourth-order valence-electron chi connectivity index (χ4n) is 1.63. The van der Waals surface area contributed by atoms with E-state index in [9.17, 15) is 9.59 Å². The summed E-state index contributed by atoms with van der Waals surface area (Å²) in [5.41, 5.74) is 0. The number of rotatable bonds is 3. The molecule has 0 aliphatic carbocycles. The number of amides is 1. The van der Waals surface area contributed by atoms with Crippen molar-refractivity contribution in [3.05, 3.63) is 5.01 Å². The van der Waals surface area contributed by atoms with Crippen molar-refractivity contribution in [2.24, 2.45) is 5.92 Å². The molecule has 17 heavy (non-hydrogen) atoms. The van der Waals surface area contributed by atoms with Crippen LogP contribution < -0.4 is 4.90 Å². The number of anilines is 1. The summed E-state index contributed by atoms with van der Waals surface area (Å²) in [5.74, 6) is -1.50. The van der Waals surface area contributed by atoms with Crippen LogP contribution in [0.3, 0.4) is 0 Å². The van der Waals surface area contributed by atoms with Gasteiger partial charge in [0, 0.05) is 18.9 Å². The van der Waals surface area contributed by atoms with Gasteiger partial charge in [-0.2, -0.15) is 0 Å². The minimum Gasteiger partial charge on any atom is -0.481 e. The zero-order valence-electron chi connectivity index (χ0n) is 9.58. The van der Waals surface area contributed by atoms with E-state index in [2.05, 4.69) is 10.2 Å². The summed E-state index contributed by atoms with van der Waals surface area (Å²) in [6.07, 6.45) is 0.0475. The Balaban J connectivity index is 2.17. The first-order valence-corrected chi connectivity index (χ1v) is 6.17. The predicted molar refractivity (Wildman–Crippen MR) is 62.1 cm³/mol. The largest absolute Gasteiger partial charge is 0.481 e. The molecule has 6 nitrogen and oxygen atoms in total. The van der Waals surface area contributed by atoms with E-state index in [1.165, 1.54) is 16.2 Å². The molecule has 0 radical (unpaired) electrons. The lowest BCUT2D eigenvalue weighted by Crippen LogP contribution is -2.25. The minimum absolute atomic E-state index is 0.0475.